The molecule has 316 valence electrons. The van der Waals surface area contributed by atoms with Crippen LogP contribution in [-0.2, 0) is 39.2 Å². The number of hydrogen-bond acceptors (Lipinski definition) is 14. The average molecular weight is 851 g/mol. The van der Waals surface area contributed by atoms with E-state index >= 15 is 0 Å². The summed E-state index contributed by atoms with van der Waals surface area (Å²) in [5.41, 5.74) is -0.961. The SMILES string of the molecule is CC(C)CCCOC(=O)c1ccc(C(=O)OCCCC(C)C)c(S(=O)(=O)[O-])c1.CC(C)CCCOC(=O)c1ccc(C(=O)OCCCC(C)C)c(S(=O)(=O)[O-])c1.[Mg+2]. The van der Waals surface area contributed by atoms with E-state index in [2.05, 4.69) is 0 Å². The van der Waals surface area contributed by atoms with Crippen LogP contribution in [0.4, 0.5) is 0 Å². The predicted molar refractivity (Wildman–Crippen MR) is 212 cm³/mol. The Morgan fingerprint density at radius 2 is 0.719 bits per heavy atom. The van der Waals surface area contributed by atoms with Gasteiger partial charge in [-0.15, -0.1) is 0 Å². The van der Waals surface area contributed by atoms with Crippen LogP contribution >= 0.6 is 0 Å². The first-order valence-electron chi connectivity index (χ1n) is 18.9. The quantitative estimate of drug-likeness (QED) is 0.0377. The summed E-state index contributed by atoms with van der Waals surface area (Å²) in [6, 6.07) is 6.48. The Bertz CT molecular complexity index is 1670. The van der Waals surface area contributed by atoms with Crippen LogP contribution in [0, 0.1) is 23.7 Å². The van der Waals surface area contributed by atoms with Crippen LogP contribution in [0.1, 0.15) is 148 Å². The van der Waals surface area contributed by atoms with Gasteiger partial charge < -0.3 is 28.1 Å². The topological polar surface area (TPSA) is 220 Å². The van der Waals surface area contributed by atoms with E-state index in [-0.39, 0.29) is 71.7 Å². The standard InChI is InChI=1S/2C20H30O7S.Mg/c2*1-14(2)7-5-11-26-19(21)16-9-10-17(18(13-16)28(23,24)25)20(22)27-12-6-8-15(3)4;/h2*9-10,13-15H,5-8,11-12H2,1-4H3,(H,23,24,25);/q;;+2/p-2. The fourth-order valence-corrected chi connectivity index (χ4v) is 6.38. The van der Waals surface area contributed by atoms with Gasteiger partial charge in [-0.05, 0) is 111 Å². The molecule has 0 saturated heterocycles. The van der Waals surface area contributed by atoms with Gasteiger partial charge >= 0.3 is 46.9 Å². The zero-order valence-electron chi connectivity index (χ0n) is 34.5. The molecule has 0 radical (unpaired) electrons. The van der Waals surface area contributed by atoms with E-state index in [4.69, 9.17) is 18.9 Å². The molecule has 2 rings (SSSR count). The van der Waals surface area contributed by atoms with E-state index in [1.165, 1.54) is 12.1 Å². The van der Waals surface area contributed by atoms with Crippen LogP contribution < -0.4 is 0 Å². The number of esters is 4. The largest absolute Gasteiger partial charge is 2.00 e. The van der Waals surface area contributed by atoms with Crippen molar-refractivity contribution in [3.05, 3.63) is 58.7 Å². The van der Waals surface area contributed by atoms with Crippen molar-refractivity contribution in [2.45, 2.75) is 117 Å². The van der Waals surface area contributed by atoms with Gasteiger partial charge in [-0.2, -0.15) is 0 Å². The molecule has 0 amide bonds. The van der Waals surface area contributed by atoms with Crippen LogP contribution in [0.15, 0.2) is 46.2 Å². The molecule has 0 fully saturated rings. The molecule has 2 aromatic rings. The second-order valence-corrected chi connectivity index (χ2v) is 17.7. The minimum atomic E-state index is -4.97. The third-order valence-electron chi connectivity index (χ3n) is 8.05. The average Bonchev–Trinajstić information content (AvgIpc) is 3.10. The molecule has 0 atom stereocenters. The van der Waals surface area contributed by atoms with Crippen LogP contribution in [0.25, 0.3) is 0 Å². The predicted octanol–water partition coefficient (Wildman–Crippen LogP) is 7.17. The Kier molecular flexibility index (Phi) is 25.4. The Labute approximate surface area is 354 Å². The molecule has 0 aliphatic rings. The Morgan fingerprint density at radius 1 is 0.474 bits per heavy atom. The van der Waals surface area contributed by atoms with Crippen molar-refractivity contribution < 1.29 is 64.1 Å². The van der Waals surface area contributed by atoms with Gasteiger partial charge in [0.15, 0.2) is 0 Å². The summed E-state index contributed by atoms with van der Waals surface area (Å²) >= 11 is 0. The van der Waals surface area contributed by atoms with Gasteiger partial charge in [0.25, 0.3) is 0 Å². The van der Waals surface area contributed by atoms with E-state index in [0.717, 1.165) is 49.9 Å². The summed E-state index contributed by atoms with van der Waals surface area (Å²) in [5.74, 6) is -1.46. The first-order valence-corrected chi connectivity index (χ1v) is 21.7. The minimum absolute atomic E-state index is 0. The van der Waals surface area contributed by atoms with Crippen LogP contribution in [-0.4, -0.2) is 99.3 Å². The van der Waals surface area contributed by atoms with Gasteiger partial charge in [-0.3, -0.25) is 0 Å². The molecule has 0 N–H and O–H groups in total. The van der Waals surface area contributed by atoms with E-state index in [1.54, 1.807) is 0 Å². The van der Waals surface area contributed by atoms with Gasteiger partial charge in [0.2, 0.25) is 0 Å². The number of carbonyl (C=O) groups is 4. The van der Waals surface area contributed by atoms with Crippen molar-refractivity contribution in [3.63, 3.8) is 0 Å². The zero-order valence-corrected chi connectivity index (χ0v) is 37.5. The molecule has 0 aliphatic heterocycles. The van der Waals surface area contributed by atoms with Crippen molar-refractivity contribution in [2.24, 2.45) is 23.7 Å². The molecular weight excluding hydrogens is 793 g/mol. The maximum absolute atomic E-state index is 12.2. The molecule has 57 heavy (non-hydrogen) atoms. The molecule has 0 heterocycles. The molecular formula is C40H58MgO14S2. The van der Waals surface area contributed by atoms with Crippen molar-refractivity contribution in [2.75, 3.05) is 26.4 Å². The van der Waals surface area contributed by atoms with Crippen LogP contribution in [0.3, 0.4) is 0 Å². The van der Waals surface area contributed by atoms with E-state index < -0.39 is 53.9 Å². The second kappa shape index (κ2) is 26.8. The van der Waals surface area contributed by atoms with Gasteiger partial charge in [0, 0.05) is 0 Å². The Hall–Kier alpha value is -3.09. The third-order valence-corrected chi connectivity index (χ3v) is 9.80. The number of ether oxygens (including phenoxy) is 4. The first kappa shape index (κ1) is 53.9. The Morgan fingerprint density at radius 3 is 0.947 bits per heavy atom. The maximum Gasteiger partial charge on any atom is 2.00 e. The minimum Gasteiger partial charge on any atom is -0.744 e. The van der Waals surface area contributed by atoms with Gasteiger partial charge in [0.1, 0.15) is 20.2 Å². The van der Waals surface area contributed by atoms with Crippen molar-refractivity contribution in [3.8, 4) is 0 Å². The molecule has 0 unspecified atom stereocenters. The molecule has 0 aromatic heterocycles. The fraction of sp³-hybridized carbons (Fsp3) is 0.600. The van der Waals surface area contributed by atoms with Crippen molar-refractivity contribution in [1.29, 1.82) is 0 Å². The number of carbonyl (C=O) groups excluding carboxylic acids is 4. The van der Waals surface area contributed by atoms with Crippen LogP contribution in [0.2, 0.25) is 0 Å². The molecule has 17 heteroatoms. The summed E-state index contributed by atoms with van der Waals surface area (Å²) in [6.45, 7) is 16.9. The summed E-state index contributed by atoms with van der Waals surface area (Å²) in [4.78, 5) is 47.0. The summed E-state index contributed by atoms with van der Waals surface area (Å²) in [6.07, 6.45) is 6.08. The van der Waals surface area contributed by atoms with Gasteiger partial charge in [0.05, 0.1) is 58.5 Å². The van der Waals surface area contributed by atoms with E-state index in [0.29, 0.717) is 49.4 Å². The first-order chi connectivity index (χ1) is 26.0. The zero-order chi connectivity index (χ0) is 42.6. The number of benzene rings is 2. The molecule has 0 saturated carbocycles. The maximum atomic E-state index is 12.2. The molecule has 0 aliphatic carbocycles. The van der Waals surface area contributed by atoms with Gasteiger partial charge in [-0.25, -0.2) is 36.0 Å². The fourth-order valence-electron chi connectivity index (χ4n) is 5.00. The summed E-state index contributed by atoms with van der Waals surface area (Å²) < 4.78 is 89.7. The van der Waals surface area contributed by atoms with Crippen molar-refractivity contribution in [1.82, 2.24) is 0 Å². The van der Waals surface area contributed by atoms with E-state index in [9.17, 15) is 45.1 Å². The smallest absolute Gasteiger partial charge is 0.744 e. The molecule has 0 bridgehead atoms. The van der Waals surface area contributed by atoms with Crippen LogP contribution in [0.5, 0.6) is 0 Å². The molecule has 14 nitrogen and oxygen atoms in total. The van der Waals surface area contributed by atoms with Gasteiger partial charge in [-0.1, -0.05) is 55.4 Å². The monoisotopic (exact) mass is 850 g/mol. The molecule has 0 spiro atoms. The summed E-state index contributed by atoms with van der Waals surface area (Å²) in [5, 5.41) is 0. The third kappa shape index (κ3) is 22.0. The van der Waals surface area contributed by atoms with E-state index in [1.807, 2.05) is 55.4 Å². The summed E-state index contributed by atoms with van der Waals surface area (Å²) in [7, 11) is -9.95. The second-order valence-electron chi connectivity index (χ2n) is 15.0. The number of rotatable bonds is 22. The normalized spacial score (nSPS) is 11.5. The number of hydrogen-bond donors (Lipinski definition) is 0. The Balaban J connectivity index is 0.00000108. The molecule has 2 aromatic carbocycles. The van der Waals surface area contributed by atoms with Crippen molar-refractivity contribution >= 4 is 67.2 Å².